The molecule has 0 amide bonds. The molecule has 0 aromatic heterocycles. The molecule has 2 nitrogen and oxygen atoms in total. The lowest BCUT2D eigenvalue weighted by Crippen LogP contribution is -2.29. The van der Waals surface area contributed by atoms with Gasteiger partial charge in [0.1, 0.15) is 0 Å². The van der Waals surface area contributed by atoms with Crippen LogP contribution in [0.4, 0.5) is 0 Å². The number of aryl methyl sites for hydroxylation is 1. The summed E-state index contributed by atoms with van der Waals surface area (Å²) < 4.78 is 0. The average molecular weight is 232 g/mol. The molecule has 1 saturated heterocycles. The van der Waals surface area contributed by atoms with Gasteiger partial charge in [-0.15, -0.1) is 0 Å². The SMILES string of the molecule is Cc1ccc(CNCCC2CCNCC2)cc1. The summed E-state index contributed by atoms with van der Waals surface area (Å²) in [4.78, 5) is 0. The van der Waals surface area contributed by atoms with Crippen molar-refractivity contribution in [3.63, 3.8) is 0 Å². The quantitative estimate of drug-likeness (QED) is 0.762. The summed E-state index contributed by atoms with van der Waals surface area (Å²) in [5.74, 6) is 0.932. The molecule has 2 heteroatoms. The van der Waals surface area contributed by atoms with Crippen molar-refractivity contribution in [1.29, 1.82) is 0 Å². The Bertz CT molecular complexity index is 312. The van der Waals surface area contributed by atoms with Crippen molar-refractivity contribution in [2.75, 3.05) is 19.6 Å². The van der Waals surface area contributed by atoms with Gasteiger partial charge in [0.05, 0.1) is 0 Å². The highest BCUT2D eigenvalue weighted by Gasteiger charge is 2.11. The van der Waals surface area contributed by atoms with E-state index in [2.05, 4.69) is 41.8 Å². The highest BCUT2D eigenvalue weighted by atomic mass is 14.9. The number of piperidine rings is 1. The first-order valence-electron chi connectivity index (χ1n) is 6.81. The minimum Gasteiger partial charge on any atom is -0.317 e. The number of rotatable bonds is 5. The Balaban J connectivity index is 1.60. The Labute approximate surface area is 105 Å². The molecule has 1 aliphatic rings. The third-order valence-electron chi connectivity index (χ3n) is 3.64. The standard InChI is InChI=1S/C15H24N2/c1-13-2-4-15(5-3-13)12-17-11-8-14-6-9-16-10-7-14/h2-5,14,16-17H,6-12H2,1H3. The molecule has 94 valence electrons. The van der Waals surface area contributed by atoms with Crippen LogP contribution in [-0.4, -0.2) is 19.6 Å². The van der Waals surface area contributed by atoms with Gasteiger partial charge in [0.15, 0.2) is 0 Å². The van der Waals surface area contributed by atoms with E-state index in [0.717, 1.165) is 19.0 Å². The molecule has 1 aromatic carbocycles. The van der Waals surface area contributed by atoms with Crippen molar-refractivity contribution in [2.24, 2.45) is 5.92 Å². The molecule has 0 aliphatic carbocycles. The maximum absolute atomic E-state index is 3.55. The van der Waals surface area contributed by atoms with Gasteiger partial charge in [-0.3, -0.25) is 0 Å². The molecule has 0 bridgehead atoms. The van der Waals surface area contributed by atoms with E-state index in [-0.39, 0.29) is 0 Å². The van der Waals surface area contributed by atoms with Crippen molar-refractivity contribution in [1.82, 2.24) is 10.6 Å². The number of nitrogens with one attached hydrogen (secondary N) is 2. The lowest BCUT2D eigenvalue weighted by atomic mass is 9.95. The number of hydrogen-bond acceptors (Lipinski definition) is 2. The van der Waals surface area contributed by atoms with Gasteiger partial charge in [0, 0.05) is 6.54 Å². The van der Waals surface area contributed by atoms with Gasteiger partial charge in [0.2, 0.25) is 0 Å². The van der Waals surface area contributed by atoms with Crippen LogP contribution in [0, 0.1) is 12.8 Å². The van der Waals surface area contributed by atoms with E-state index in [9.17, 15) is 0 Å². The Kier molecular flexibility index (Phi) is 5.02. The molecule has 2 N–H and O–H groups in total. The molecular weight excluding hydrogens is 208 g/mol. The van der Waals surface area contributed by atoms with Crippen LogP contribution in [0.25, 0.3) is 0 Å². The van der Waals surface area contributed by atoms with Gasteiger partial charge in [-0.05, 0) is 57.3 Å². The fourth-order valence-electron chi connectivity index (χ4n) is 2.42. The minimum atomic E-state index is 0.932. The van der Waals surface area contributed by atoms with Crippen molar-refractivity contribution in [3.05, 3.63) is 35.4 Å². The summed E-state index contributed by atoms with van der Waals surface area (Å²) in [6.07, 6.45) is 4.03. The summed E-state index contributed by atoms with van der Waals surface area (Å²) >= 11 is 0. The fraction of sp³-hybridized carbons (Fsp3) is 0.600. The van der Waals surface area contributed by atoms with E-state index >= 15 is 0 Å². The highest BCUT2D eigenvalue weighted by molar-refractivity contribution is 5.20. The highest BCUT2D eigenvalue weighted by Crippen LogP contribution is 2.14. The first-order valence-corrected chi connectivity index (χ1v) is 6.81. The largest absolute Gasteiger partial charge is 0.317 e. The second-order valence-corrected chi connectivity index (χ2v) is 5.14. The lowest BCUT2D eigenvalue weighted by Gasteiger charge is -2.22. The van der Waals surface area contributed by atoms with Crippen LogP contribution in [0.2, 0.25) is 0 Å². The Morgan fingerprint density at radius 1 is 1.18 bits per heavy atom. The maximum atomic E-state index is 3.55. The minimum absolute atomic E-state index is 0.932. The molecule has 0 unspecified atom stereocenters. The number of hydrogen-bond donors (Lipinski definition) is 2. The molecule has 1 heterocycles. The van der Waals surface area contributed by atoms with E-state index in [1.165, 1.54) is 43.5 Å². The van der Waals surface area contributed by atoms with Crippen LogP contribution in [0.5, 0.6) is 0 Å². The molecule has 0 saturated carbocycles. The third-order valence-corrected chi connectivity index (χ3v) is 3.64. The third kappa shape index (κ3) is 4.49. The predicted octanol–water partition coefficient (Wildman–Crippen LogP) is 2.47. The van der Waals surface area contributed by atoms with Gasteiger partial charge in [-0.2, -0.15) is 0 Å². The van der Waals surface area contributed by atoms with Gasteiger partial charge >= 0.3 is 0 Å². The second-order valence-electron chi connectivity index (χ2n) is 5.14. The first-order chi connectivity index (χ1) is 8.34. The summed E-state index contributed by atoms with van der Waals surface area (Å²) in [6, 6.07) is 8.80. The molecule has 0 radical (unpaired) electrons. The zero-order valence-corrected chi connectivity index (χ0v) is 10.8. The van der Waals surface area contributed by atoms with Crippen molar-refractivity contribution < 1.29 is 0 Å². The van der Waals surface area contributed by atoms with Gasteiger partial charge in [-0.25, -0.2) is 0 Å². The zero-order chi connectivity index (χ0) is 11.9. The lowest BCUT2D eigenvalue weighted by molar-refractivity contribution is 0.348. The van der Waals surface area contributed by atoms with Crippen molar-refractivity contribution >= 4 is 0 Å². The average Bonchev–Trinajstić information content (AvgIpc) is 2.38. The van der Waals surface area contributed by atoms with Crippen LogP contribution < -0.4 is 10.6 Å². The van der Waals surface area contributed by atoms with E-state index in [1.54, 1.807) is 0 Å². The number of benzene rings is 1. The Morgan fingerprint density at radius 2 is 1.88 bits per heavy atom. The van der Waals surface area contributed by atoms with E-state index in [0.29, 0.717) is 0 Å². The second kappa shape index (κ2) is 6.77. The molecule has 1 aromatic rings. The van der Waals surface area contributed by atoms with Crippen molar-refractivity contribution in [2.45, 2.75) is 32.7 Å². The van der Waals surface area contributed by atoms with Crippen LogP contribution in [0.1, 0.15) is 30.4 Å². The Morgan fingerprint density at radius 3 is 2.59 bits per heavy atom. The Hall–Kier alpha value is -0.860. The molecule has 17 heavy (non-hydrogen) atoms. The van der Waals surface area contributed by atoms with E-state index in [1.807, 2.05) is 0 Å². The first kappa shape index (κ1) is 12.6. The molecule has 1 fully saturated rings. The van der Waals surface area contributed by atoms with E-state index in [4.69, 9.17) is 0 Å². The normalized spacial score (nSPS) is 17.2. The van der Waals surface area contributed by atoms with Gasteiger partial charge < -0.3 is 10.6 Å². The van der Waals surface area contributed by atoms with Gasteiger partial charge in [-0.1, -0.05) is 29.8 Å². The summed E-state index contributed by atoms with van der Waals surface area (Å²) in [7, 11) is 0. The topological polar surface area (TPSA) is 24.1 Å². The summed E-state index contributed by atoms with van der Waals surface area (Å²) in [5.41, 5.74) is 2.73. The molecule has 0 spiro atoms. The summed E-state index contributed by atoms with van der Waals surface area (Å²) in [5, 5.41) is 6.96. The fourth-order valence-corrected chi connectivity index (χ4v) is 2.42. The summed E-state index contributed by atoms with van der Waals surface area (Å²) in [6.45, 7) is 6.71. The van der Waals surface area contributed by atoms with Crippen LogP contribution in [-0.2, 0) is 6.54 Å². The molecule has 0 atom stereocenters. The monoisotopic (exact) mass is 232 g/mol. The van der Waals surface area contributed by atoms with Crippen LogP contribution in [0.3, 0.4) is 0 Å². The van der Waals surface area contributed by atoms with Crippen molar-refractivity contribution in [3.8, 4) is 0 Å². The van der Waals surface area contributed by atoms with Crippen LogP contribution >= 0.6 is 0 Å². The predicted molar refractivity (Wildman–Crippen MR) is 73.1 cm³/mol. The van der Waals surface area contributed by atoms with Crippen LogP contribution in [0.15, 0.2) is 24.3 Å². The smallest absolute Gasteiger partial charge is 0.0205 e. The molecule has 1 aliphatic heterocycles. The zero-order valence-electron chi connectivity index (χ0n) is 10.8. The van der Waals surface area contributed by atoms with E-state index < -0.39 is 0 Å². The van der Waals surface area contributed by atoms with Gasteiger partial charge in [0.25, 0.3) is 0 Å². The molecular formula is C15H24N2. The maximum Gasteiger partial charge on any atom is 0.0205 e. The molecule has 2 rings (SSSR count).